The maximum absolute atomic E-state index is 11.1. The van der Waals surface area contributed by atoms with E-state index in [-0.39, 0.29) is 16.9 Å². The van der Waals surface area contributed by atoms with E-state index in [1.54, 1.807) is 6.07 Å². The molecule has 0 heterocycles. The number of nitro benzene ring substituents is 1. The standard InChI is InChI=1S/C17H21NO3/c1-16-6-11-4-12(7-16)9-17(8-11,10-16)13-2-3-15(19)14(5-13)18(20)21/h2-3,5,11-12,19H,4,6-10H2,1H3/t11-,12+,16?,17?. The first kappa shape index (κ1) is 13.1. The highest BCUT2D eigenvalue weighted by atomic mass is 16.6. The third-order valence-corrected chi connectivity index (χ3v) is 6.14. The van der Waals surface area contributed by atoms with E-state index in [0.29, 0.717) is 5.41 Å². The number of phenolic OH excluding ortho intramolecular Hbond substituents is 1. The zero-order valence-corrected chi connectivity index (χ0v) is 12.3. The van der Waals surface area contributed by atoms with Crippen molar-refractivity contribution in [3.05, 3.63) is 33.9 Å². The Morgan fingerprint density at radius 2 is 1.90 bits per heavy atom. The fraction of sp³-hybridized carbons (Fsp3) is 0.647. The second kappa shape index (κ2) is 3.99. The van der Waals surface area contributed by atoms with Crippen molar-refractivity contribution >= 4 is 5.69 Å². The molecule has 5 rings (SSSR count). The van der Waals surface area contributed by atoms with E-state index in [1.807, 2.05) is 6.07 Å². The van der Waals surface area contributed by atoms with Crippen LogP contribution in [0.5, 0.6) is 5.75 Å². The van der Waals surface area contributed by atoms with Gasteiger partial charge in [-0.3, -0.25) is 10.1 Å². The second-order valence-corrected chi connectivity index (χ2v) is 8.01. The predicted octanol–water partition coefficient (Wildman–Crippen LogP) is 4.16. The summed E-state index contributed by atoms with van der Waals surface area (Å²) >= 11 is 0. The van der Waals surface area contributed by atoms with Gasteiger partial charge in [-0.15, -0.1) is 0 Å². The molecular formula is C17H21NO3. The lowest BCUT2D eigenvalue weighted by atomic mass is 9.43. The lowest BCUT2D eigenvalue weighted by Gasteiger charge is -2.61. The van der Waals surface area contributed by atoms with Crippen molar-refractivity contribution in [3.8, 4) is 5.75 Å². The fourth-order valence-corrected chi connectivity index (χ4v) is 6.06. The van der Waals surface area contributed by atoms with Crippen molar-refractivity contribution < 1.29 is 10.0 Å². The molecule has 4 aliphatic rings. The van der Waals surface area contributed by atoms with E-state index in [0.717, 1.165) is 23.8 Å². The molecule has 0 spiro atoms. The molecule has 0 aromatic heterocycles. The van der Waals surface area contributed by atoms with Crippen LogP contribution in [0.2, 0.25) is 0 Å². The summed E-state index contributed by atoms with van der Waals surface area (Å²) in [6.45, 7) is 2.40. The van der Waals surface area contributed by atoms with Gasteiger partial charge in [0, 0.05) is 6.07 Å². The van der Waals surface area contributed by atoms with Crippen LogP contribution in [0.1, 0.15) is 51.0 Å². The Kier molecular flexibility index (Phi) is 2.49. The van der Waals surface area contributed by atoms with Gasteiger partial charge in [0.05, 0.1) is 4.92 Å². The van der Waals surface area contributed by atoms with E-state index in [9.17, 15) is 15.2 Å². The molecule has 1 aromatic carbocycles. The molecule has 1 aromatic rings. The lowest BCUT2D eigenvalue weighted by molar-refractivity contribution is -0.386. The van der Waals surface area contributed by atoms with Crippen LogP contribution in [-0.4, -0.2) is 10.0 Å². The van der Waals surface area contributed by atoms with E-state index in [1.165, 1.54) is 38.2 Å². The summed E-state index contributed by atoms with van der Waals surface area (Å²) in [5.41, 5.74) is 1.45. The molecule has 0 amide bonds. The van der Waals surface area contributed by atoms with Gasteiger partial charge in [-0.05, 0) is 72.8 Å². The van der Waals surface area contributed by atoms with Crippen LogP contribution in [0.25, 0.3) is 0 Å². The van der Waals surface area contributed by atoms with Gasteiger partial charge >= 0.3 is 5.69 Å². The summed E-state index contributed by atoms with van der Waals surface area (Å²) in [4.78, 5) is 10.6. The smallest absolute Gasteiger partial charge is 0.310 e. The normalized spacial score (nSPS) is 40.4. The molecule has 4 aliphatic carbocycles. The maximum Gasteiger partial charge on any atom is 0.310 e. The summed E-state index contributed by atoms with van der Waals surface area (Å²) in [6, 6.07) is 5.05. The van der Waals surface area contributed by atoms with Gasteiger partial charge in [0.25, 0.3) is 0 Å². The highest BCUT2D eigenvalue weighted by Crippen LogP contribution is 2.65. The van der Waals surface area contributed by atoms with E-state index >= 15 is 0 Å². The Morgan fingerprint density at radius 1 is 1.24 bits per heavy atom. The first-order valence-electron chi connectivity index (χ1n) is 7.87. The molecule has 0 radical (unpaired) electrons. The number of phenols is 1. The van der Waals surface area contributed by atoms with Crippen molar-refractivity contribution in [1.82, 2.24) is 0 Å². The van der Waals surface area contributed by atoms with Gasteiger partial charge in [-0.2, -0.15) is 0 Å². The predicted molar refractivity (Wildman–Crippen MR) is 79.2 cm³/mol. The minimum atomic E-state index is -0.471. The topological polar surface area (TPSA) is 63.4 Å². The molecule has 4 saturated carbocycles. The third-order valence-electron chi connectivity index (χ3n) is 6.14. The minimum absolute atomic E-state index is 0.108. The number of aromatic hydroxyl groups is 1. The molecule has 112 valence electrons. The van der Waals surface area contributed by atoms with Crippen LogP contribution < -0.4 is 0 Å². The third kappa shape index (κ3) is 1.88. The second-order valence-electron chi connectivity index (χ2n) is 8.01. The largest absolute Gasteiger partial charge is 0.502 e. The fourth-order valence-electron chi connectivity index (χ4n) is 6.06. The van der Waals surface area contributed by atoms with Crippen LogP contribution in [0.4, 0.5) is 5.69 Å². The molecule has 0 saturated heterocycles. The molecule has 1 N–H and O–H groups in total. The SMILES string of the molecule is CC12C[C@H]3C[C@@H](C1)CC(c1ccc(O)c([N+](=O)[O-])c1)(C3)C2. The highest BCUT2D eigenvalue weighted by molar-refractivity contribution is 5.50. The zero-order chi connectivity index (χ0) is 14.8. The number of nitro groups is 1. The molecule has 4 nitrogen and oxygen atoms in total. The van der Waals surface area contributed by atoms with Crippen molar-refractivity contribution in [1.29, 1.82) is 0 Å². The molecule has 21 heavy (non-hydrogen) atoms. The minimum Gasteiger partial charge on any atom is -0.502 e. The first-order valence-corrected chi connectivity index (χ1v) is 7.87. The van der Waals surface area contributed by atoms with Crippen LogP contribution in [0, 0.1) is 27.4 Å². The van der Waals surface area contributed by atoms with Gasteiger partial charge in [-0.25, -0.2) is 0 Å². The number of nitrogens with zero attached hydrogens (tertiary/aromatic N) is 1. The highest BCUT2D eigenvalue weighted by Gasteiger charge is 2.56. The Bertz CT molecular complexity index is 610. The van der Waals surface area contributed by atoms with Crippen LogP contribution in [0.15, 0.2) is 18.2 Å². The quantitative estimate of drug-likeness (QED) is 0.656. The van der Waals surface area contributed by atoms with E-state index < -0.39 is 4.92 Å². The van der Waals surface area contributed by atoms with Gasteiger partial charge in [-0.1, -0.05) is 13.0 Å². The summed E-state index contributed by atoms with van der Waals surface area (Å²) in [7, 11) is 0. The number of hydrogen-bond donors (Lipinski definition) is 1. The van der Waals surface area contributed by atoms with Gasteiger partial charge in [0.15, 0.2) is 5.75 Å². The van der Waals surface area contributed by atoms with Gasteiger partial charge in [0.1, 0.15) is 0 Å². The zero-order valence-electron chi connectivity index (χ0n) is 12.3. The van der Waals surface area contributed by atoms with E-state index in [2.05, 4.69) is 6.92 Å². The number of rotatable bonds is 2. The monoisotopic (exact) mass is 287 g/mol. The molecule has 4 bridgehead atoms. The Labute approximate surface area is 124 Å². The molecule has 2 unspecified atom stereocenters. The summed E-state index contributed by atoms with van der Waals surface area (Å²) < 4.78 is 0. The van der Waals surface area contributed by atoms with E-state index in [4.69, 9.17) is 0 Å². The summed E-state index contributed by atoms with van der Waals surface area (Å²) in [5, 5.41) is 20.8. The molecule has 0 aliphatic heterocycles. The van der Waals surface area contributed by atoms with Crippen LogP contribution in [0.3, 0.4) is 0 Å². The maximum atomic E-state index is 11.1. The average molecular weight is 287 g/mol. The number of benzene rings is 1. The molecular weight excluding hydrogens is 266 g/mol. The van der Waals surface area contributed by atoms with Gasteiger partial charge < -0.3 is 5.11 Å². The Balaban J connectivity index is 1.79. The summed E-state index contributed by atoms with van der Waals surface area (Å²) in [5.74, 6) is 1.34. The van der Waals surface area contributed by atoms with Crippen molar-refractivity contribution in [3.63, 3.8) is 0 Å². The Morgan fingerprint density at radius 3 is 2.48 bits per heavy atom. The van der Waals surface area contributed by atoms with Crippen molar-refractivity contribution in [2.24, 2.45) is 17.3 Å². The first-order chi connectivity index (χ1) is 9.89. The Hall–Kier alpha value is -1.58. The molecule has 4 fully saturated rings. The molecule has 4 heteroatoms. The lowest BCUT2D eigenvalue weighted by Crippen LogP contribution is -2.52. The van der Waals surface area contributed by atoms with Crippen molar-refractivity contribution in [2.75, 3.05) is 0 Å². The van der Waals surface area contributed by atoms with Crippen LogP contribution in [-0.2, 0) is 5.41 Å². The average Bonchev–Trinajstić information content (AvgIpc) is 2.35. The molecule has 4 atom stereocenters. The van der Waals surface area contributed by atoms with Crippen LogP contribution >= 0.6 is 0 Å². The number of hydrogen-bond acceptors (Lipinski definition) is 3. The van der Waals surface area contributed by atoms with Crippen molar-refractivity contribution in [2.45, 2.75) is 50.9 Å². The summed E-state index contributed by atoms with van der Waals surface area (Å²) in [6.07, 6.45) is 7.48. The van der Waals surface area contributed by atoms with Gasteiger partial charge in [0.2, 0.25) is 0 Å².